The molecule has 0 amide bonds. The van der Waals surface area contributed by atoms with Crippen molar-refractivity contribution in [3.05, 3.63) is 69.9 Å². The fourth-order valence-electron chi connectivity index (χ4n) is 2.33. The summed E-state index contributed by atoms with van der Waals surface area (Å²) < 4.78 is 39.3. The van der Waals surface area contributed by atoms with Crippen LogP contribution >= 0.6 is 0 Å². The molecule has 0 radical (unpaired) electrons. The van der Waals surface area contributed by atoms with E-state index in [9.17, 15) is 12.8 Å². The van der Waals surface area contributed by atoms with E-state index in [0.717, 1.165) is 27.7 Å². The summed E-state index contributed by atoms with van der Waals surface area (Å²) in [6.07, 6.45) is 1.58. The number of halogens is 1. The van der Waals surface area contributed by atoms with Gasteiger partial charge >= 0.3 is 0 Å². The Labute approximate surface area is 130 Å². The topological polar surface area (TPSA) is 46.2 Å². The lowest BCUT2D eigenvalue weighted by molar-refractivity contribution is 0.609. The number of sulfonamides is 1. The van der Waals surface area contributed by atoms with Gasteiger partial charge in [-0.05, 0) is 67.8 Å². The van der Waals surface area contributed by atoms with E-state index in [4.69, 9.17) is 0 Å². The van der Waals surface area contributed by atoms with Crippen LogP contribution in [0.4, 0.5) is 10.1 Å². The highest BCUT2D eigenvalue weighted by atomic mass is 32.2. The third-order valence-electron chi connectivity index (χ3n) is 3.26. The van der Waals surface area contributed by atoms with Crippen LogP contribution in [0.15, 0.2) is 41.8 Å². The third-order valence-corrected chi connectivity index (χ3v) is 4.27. The Morgan fingerprint density at radius 2 is 1.55 bits per heavy atom. The van der Waals surface area contributed by atoms with Gasteiger partial charge in [-0.25, -0.2) is 12.8 Å². The lowest BCUT2D eigenvalue weighted by Gasteiger charge is -2.08. The van der Waals surface area contributed by atoms with E-state index in [1.165, 1.54) is 24.3 Å². The minimum absolute atomic E-state index is 0.323. The van der Waals surface area contributed by atoms with E-state index in [2.05, 4.69) is 4.72 Å². The molecule has 22 heavy (non-hydrogen) atoms. The van der Waals surface area contributed by atoms with E-state index < -0.39 is 15.8 Å². The van der Waals surface area contributed by atoms with Crippen molar-refractivity contribution in [1.82, 2.24) is 0 Å². The Balaban J connectivity index is 2.23. The summed E-state index contributed by atoms with van der Waals surface area (Å²) in [6, 6.07) is 9.18. The first-order valence-corrected chi connectivity index (χ1v) is 8.36. The van der Waals surface area contributed by atoms with Gasteiger partial charge in [0.2, 0.25) is 0 Å². The summed E-state index contributed by atoms with van der Waals surface area (Å²) in [7, 11) is -3.64. The zero-order valence-electron chi connectivity index (χ0n) is 12.7. The predicted octanol–water partition coefficient (Wildman–Crippen LogP) is 4.16. The molecule has 0 atom stereocenters. The number of nitrogens with one attached hydrogen (secondary N) is 1. The first-order valence-electron chi connectivity index (χ1n) is 6.81. The van der Waals surface area contributed by atoms with Crippen molar-refractivity contribution < 1.29 is 12.8 Å². The molecule has 0 unspecified atom stereocenters. The number of benzene rings is 2. The number of hydrogen-bond acceptors (Lipinski definition) is 2. The molecule has 0 aromatic heterocycles. The van der Waals surface area contributed by atoms with Crippen LogP contribution in [-0.2, 0) is 10.0 Å². The van der Waals surface area contributed by atoms with Crippen LogP contribution in [0.3, 0.4) is 0 Å². The van der Waals surface area contributed by atoms with Crippen LogP contribution < -0.4 is 4.72 Å². The lowest BCUT2D eigenvalue weighted by atomic mass is 10.0. The molecular weight excluding hydrogens is 301 g/mol. The van der Waals surface area contributed by atoms with Gasteiger partial charge in [-0.15, -0.1) is 0 Å². The number of hydrogen-bond donors (Lipinski definition) is 1. The van der Waals surface area contributed by atoms with Crippen molar-refractivity contribution in [2.45, 2.75) is 20.8 Å². The Morgan fingerprint density at radius 3 is 2.09 bits per heavy atom. The molecule has 0 saturated carbocycles. The number of rotatable bonds is 4. The first kappa shape index (κ1) is 16.2. The molecule has 5 heteroatoms. The van der Waals surface area contributed by atoms with E-state index in [1.54, 1.807) is 6.08 Å². The maximum absolute atomic E-state index is 12.8. The second-order valence-electron chi connectivity index (χ2n) is 5.27. The molecule has 0 aliphatic rings. The van der Waals surface area contributed by atoms with Gasteiger partial charge in [0, 0.05) is 5.69 Å². The molecule has 2 aromatic carbocycles. The van der Waals surface area contributed by atoms with E-state index >= 15 is 0 Å². The molecular formula is C17H18FNO2S. The van der Waals surface area contributed by atoms with Crippen molar-refractivity contribution in [2.24, 2.45) is 0 Å². The van der Waals surface area contributed by atoms with Crippen molar-refractivity contribution in [2.75, 3.05) is 4.72 Å². The molecule has 0 aliphatic carbocycles. The van der Waals surface area contributed by atoms with E-state index in [1.807, 2.05) is 32.9 Å². The minimum atomic E-state index is -3.64. The first-order chi connectivity index (χ1) is 10.3. The van der Waals surface area contributed by atoms with Crippen molar-refractivity contribution in [3.63, 3.8) is 0 Å². The van der Waals surface area contributed by atoms with E-state index in [-0.39, 0.29) is 0 Å². The Kier molecular flexibility index (Phi) is 4.66. The Bertz CT molecular complexity index is 786. The highest BCUT2D eigenvalue weighted by molar-refractivity contribution is 7.95. The van der Waals surface area contributed by atoms with Crippen molar-refractivity contribution in [3.8, 4) is 0 Å². The van der Waals surface area contributed by atoms with Gasteiger partial charge in [-0.1, -0.05) is 17.7 Å². The molecule has 0 heterocycles. The molecule has 0 saturated heterocycles. The third kappa shape index (κ3) is 4.18. The average Bonchev–Trinajstić information content (AvgIpc) is 2.40. The quantitative estimate of drug-likeness (QED) is 0.919. The summed E-state index contributed by atoms with van der Waals surface area (Å²) >= 11 is 0. The van der Waals surface area contributed by atoms with Crippen LogP contribution in [0.2, 0.25) is 0 Å². The fraction of sp³-hybridized carbons (Fsp3) is 0.176. The maximum atomic E-state index is 12.8. The van der Waals surface area contributed by atoms with Crippen LogP contribution in [0.25, 0.3) is 6.08 Å². The van der Waals surface area contributed by atoms with Gasteiger partial charge in [-0.3, -0.25) is 4.72 Å². The monoisotopic (exact) mass is 319 g/mol. The molecule has 116 valence electrons. The van der Waals surface area contributed by atoms with Crippen LogP contribution in [0.1, 0.15) is 22.3 Å². The number of aryl methyl sites for hydroxylation is 3. The second-order valence-corrected chi connectivity index (χ2v) is 6.84. The second kappa shape index (κ2) is 6.32. The highest BCUT2D eigenvalue weighted by Gasteiger charge is 2.07. The summed E-state index contributed by atoms with van der Waals surface area (Å²) in [4.78, 5) is 0. The molecule has 0 bridgehead atoms. The largest absolute Gasteiger partial charge is 0.280 e. The van der Waals surface area contributed by atoms with Crippen molar-refractivity contribution >= 4 is 21.8 Å². The summed E-state index contributed by atoms with van der Waals surface area (Å²) in [5.41, 5.74) is 4.38. The van der Waals surface area contributed by atoms with Crippen molar-refractivity contribution in [1.29, 1.82) is 0 Å². The molecule has 2 rings (SSSR count). The van der Waals surface area contributed by atoms with Gasteiger partial charge in [0.05, 0.1) is 5.41 Å². The van der Waals surface area contributed by atoms with Gasteiger partial charge in [0.25, 0.3) is 10.0 Å². The molecule has 1 N–H and O–H groups in total. The SMILES string of the molecule is Cc1cc(C)c(C=CS(=O)(=O)Nc2ccc(F)cc2)c(C)c1. The van der Waals surface area contributed by atoms with Crippen LogP contribution in [-0.4, -0.2) is 8.42 Å². The minimum Gasteiger partial charge on any atom is -0.280 e. The molecule has 0 aliphatic heterocycles. The normalized spacial score (nSPS) is 11.8. The zero-order valence-corrected chi connectivity index (χ0v) is 13.5. The molecule has 0 spiro atoms. The zero-order chi connectivity index (χ0) is 16.3. The van der Waals surface area contributed by atoms with Gasteiger partial charge < -0.3 is 0 Å². The standard InChI is InChI=1S/C17H18FNO2S/c1-12-10-13(2)17(14(3)11-12)8-9-22(20,21)19-16-6-4-15(18)5-7-16/h4-11,19H,1-3H3. The van der Waals surface area contributed by atoms with Gasteiger partial charge in [0.15, 0.2) is 0 Å². The van der Waals surface area contributed by atoms with E-state index in [0.29, 0.717) is 5.69 Å². The average molecular weight is 319 g/mol. The van der Waals surface area contributed by atoms with Gasteiger partial charge in [-0.2, -0.15) is 0 Å². The number of anilines is 1. The Hall–Kier alpha value is -2.14. The maximum Gasteiger partial charge on any atom is 0.255 e. The molecule has 0 fully saturated rings. The highest BCUT2D eigenvalue weighted by Crippen LogP contribution is 2.19. The molecule has 3 nitrogen and oxygen atoms in total. The summed E-state index contributed by atoms with van der Waals surface area (Å²) in [6.45, 7) is 5.89. The summed E-state index contributed by atoms with van der Waals surface area (Å²) in [5.74, 6) is -0.413. The predicted molar refractivity (Wildman–Crippen MR) is 88.6 cm³/mol. The smallest absolute Gasteiger partial charge is 0.255 e. The molecule has 2 aromatic rings. The van der Waals surface area contributed by atoms with Crippen LogP contribution in [0, 0.1) is 26.6 Å². The van der Waals surface area contributed by atoms with Crippen LogP contribution in [0.5, 0.6) is 0 Å². The lowest BCUT2D eigenvalue weighted by Crippen LogP contribution is -2.08. The Morgan fingerprint density at radius 1 is 1.00 bits per heavy atom. The summed E-state index contributed by atoms with van der Waals surface area (Å²) in [5, 5.41) is 1.13. The van der Waals surface area contributed by atoms with Gasteiger partial charge in [0.1, 0.15) is 5.82 Å². The fourth-order valence-corrected chi connectivity index (χ4v) is 3.18.